The zero-order chi connectivity index (χ0) is 31.6. The van der Waals surface area contributed by atoms with Crippen molar-refractivity contribution in [3.63, 3.8) is 0 Å². The zero-order valence-corrected chi connectivity index (χ0v) is 24.0. The van der Waals surface area contributed by atoms with Crippen molar-refractivity contribution in [3.8, 4) is 6.19 Å². The topological polar surface area (TPSA) is 270 Å². The van der Waals surface area contributed by atoms with Gasteiger partial charge in [0.2, 0.25) is 17.8 Å². The predicted molar refractivity (Wildman–Crippen MR) is 152 cm³/mol. The highest BCUT2D eigenvalue weighted by atomic mass is 32.2. The smallest absolute Gasteiger partial charge is 0.329 e. The maximum Gasteiger partial charge on any atom is 0.329 e. The lowest BCUT2D eigenvalue weighted by atomic mass is 10.1. The van der Waals surface area contributed by atoms with Crippen LogP contribution in [-0.4, -0.2) is 63.2 Å². The van der Waals surface area contributed by atoms with E-state index in [1.165, 1.54) is 43.0 Å². The van der Waals surface area contributed by atoms with Gasteiger partial charge in [-0.05, 0) is 43.3 Å². The number of nitrogens with two attached hydrogens (primary N) is 1. The normalized spacial score (nSPS) is 12.3. The Kier molecular flexibility index (Phi) is 10.4. The molecule has 226 valence electrons. The minimum absolute atomic E-state index is 0.0437. The van der Waals surface area contributed by atoms with Crippen LogP contribution < -0.4 is 31.7 Å². The molecule has 0 spiro atoms. The summed E-state index contributed by atoms with van der Waals surface area (Å²) in [5.74, 6) is -2.15. The average Bonchev–Trinajstić information content (AvgIpc) is 3.45. The first kappa shape index (κ1) is 32.0. The molecule has 0 aliphatic rings. The fourth-order valence-electron chi connectivity index (χ4n) is 3.37. The van der Waals surface area contributed by atoms with Gasteiger partial charge in [-0.25, -0.2) is 22.9 Å². The number of carbonyl (C=O) groups is 3. The molecule has 3 aromatic rings. The number of hydrogen-bond donors (Lipinski definition) is 7. The fraction of sp³-hybridized carbons (Fsp3) is 0.167. The fourth-order valence-corrected chi connectivity index (χ4v) is 5.19. The van der Waals surface area contributed by atoms with Crippen LogP contribution in [0.4, 0.5) is 10.5 Å². The van der Waals surface area contributed by atoms with Gasteiger partial charge in [-0.15, -0.1) is 4.40 Å². The number of H-pyrrole nitrogens is 1. The first-order valence-electron chi connectivity index (χ1n) is 12.1. The summed E-state index contributed by atoms with van der Waals surface area (Å²) >= 11 is 0. The molecule has 0 aliphatic carbocycles. The van der Waals surface area contributed by atoms with Crippen LogP contribution in [0.1, 0.15) is 11.3 Å². The third-order valence-corrected chi connectivity index (χ3v) is 8.07. The molecule has 2 aromatic carbocycles. The van der Waals surface area contributed by atoms with E-state index in [0.717, 1.165) is 17.7 Å². The Labute approximate surface area is 246 Å². The summed E-state index contributed by atoms with van der Waals surface area (Å²) in [6.07, 6.45) is 4.20. The van der Waals surface area contributed by atoms with Crippen molar-refractivity contribution in [3.05, 3.63) is 72.3 Å². The first-order valence-corrected chi connectivity index (χ1v) is 15.0. The van der Waals surface area contributed by atoms with Gasteiger partial charge < -0.3 is 26.7 Å². The van der Waals surface area contributed by atoms with Crippen LogP contribution in [0.5, 0.6) is 0 Å². The van der Waals surface area contributed by atoms with Crippen molar-refractivity contribution in [1.82, 2.24) is 30.6 Å². The highest BCUT2D eigenvalue weighted by molar-refractivity contribution is 7.90. The molecule has 0 bridgehead atoms. The van der Waals surface area contributed by atoms with E-state index >= 15 is 0 Å². The summed E-state index contributed by atoms with van der Waals surface area (Å²) < 4.78 is 54.4. The number of carbonyl (C=O) groups excluding carboxylic acids is 3. The number of aromatic nitrogens is 2. The molecule has 0 saturated carbocycles. The third kappa shape index (κ3) is 9.55. The van der Waals surface area contributed by atoms with Crippen LogP contribution >= 0.6 is 0 Å². The van der Waals surface area contributed by atoms with Gasteiger partial charge >= 0.3 is 6.03 Å². The lowest BCUT2D eigenvalue weighted by Gasteiger charge is -2.18. The summed E-state index contributed by atoms with van der Waals surface area (Å²) in [5, 5.41) is 17.5. The molecule has 0 unspecified atom stereocenters. The van der Waals surface area contributed by atoms with Gasteiger partial charge in [0.1, 0.15) is 6.04 Å². The van der Waals surface area contributed by atoms with E-state index in [0.29, 0.717) is 5.69 Å². The standard InChI is InChI=1S/C24H26N10O7S2/c1-15-2-6-18(7-3-15)43(40,41)34-24(37)28-12-21(35)32-20(10-17-11-27-14-30-17)22(36)31-16-4-8-19(9-5-16)42(38,39)33-23(26)29-13-25/h2-9,11,14,20H,10,12H2,1H3,(H,27,30)(H,31,36)(H,32,35)(H3,26,29,33)(H2,28,34,37)/t20-/m0/s1. The van der Waals surface area contributed by atoms with Gasteiger partial charge in [0.25, 0.3) is 20.0 Å². The Morgan fingerprint density at radius 2 is 1.70 bits per heavy atom. The first-order chi connectivity index (χ1) is 20.3. The van der Waals surface area contributed by atoms with E-state index in [9.17, 15) is 31.2 Å². The molecular formula is C24H26N10O7S2. The van der Waals surface area contributed by atoms with Crippen LogP contribution in [0.15, 0.2) is 75.2 Å². The number of urea groups is 1. The number of benzene rings is 2. The van der Waals surface area contributed by atoms with Crippen LogP contribution in [-0.2, 0) is 36.1 Å². The summed E-state index contributed by atoms with van der Waals surface area (Å²) in [6, 6.07) is 8.22. The molecule has 0 radical (unpaired) electrons. The van der Waals surface area contributed by atoms with Gasteiger partial charge in [-0.3, -0.25) is 14.9 Å². The predicted octanol–water partition coefficient (Wildman–Crippen LogP) is -0.854. The molecule has 4 amide bonds. The van der Waals surface area contributed by atoms with E-state index in [2.05, 4.69) is 30.3 Å². The Bertz CT molecular complexity index is 1750. The number of nitrogens with one attached hydrogen (secondary N) is 6. The third-order valence-electron chi connectivity index (χ3n) is 5.42. The molecule has 1 aromatic heterocycles. The summed E-state index contributed by atoms with van der Waals surface area (Å²) in [7, 11) is -8.43. The summed E-state index contributed by atoms with van der Waals surface area (Å²) in [6.45, 7) is 1.10. The molecule has 0 fully saturated rings. The minimum atomic E-state index is -4.24. The summed E-state index contributed by atoms with van der Waals surface area (Å²) in [4.78, 5) is 44.0. The van der Waals surface area contributed by atoms with Gasteiger partial charge in [-0.2, -0.15) is 13.7 Å². The molecular weight excluding hydrogens is 604 g/mol. The SMILES string of the molecule is Cc1ccc(S(=O)(=O)NC(=O)NCC(=O)N[C@@H](Cc2cnc[nH]2)C(=O)Nc2ccc(S(=O)(=O)/N=C(\N)NC#N)cc2)cc1. The number of imidazole rings is 1. The second kappa shape index (κ2) is 13.9. The Hall–Kier alpha value is -5.48. The minimum Gasteiger partial charge on any atom is -0.368 e. The highest BCUT2D eigenvalue weighted by Crippen LogP contribution is 2.17. The average molecular weight is 631 g/mol. The number of aromatic amines is 1. The van der Waals surface area contributed by atoms with Crippen molar-refractivity contribution in [1.29, 1.82) is 5.26 Å². The monoisotopic (exact) mass is 630 g/mol. The van der Waals surface area contributed by atoms with Crippen molar-refractivity contribution in [2.75, 3.05) is 11.9 Å². The van der Waals surface area contributed by atoms with Gasteiger partial charge in [0.15, 0.2) is 6.19 Å². The molecule has 19 heteroatoms. The number of sulfonamides is 2. The van der Waals surface area contributed by atoms with Crippen LogP contribution in [0, 0.1) is 18.4 Å². The second-order valence-electron chi connectivity index (χ2n) is 8.70. The molecule has 43 heavy (non-hydrogen) atoms. The van der Waals surface area contributed by atoms with Crippen molar-refractivity contribution in [2.24, 2.45) is 10.1 Å². The van der Waals surface area contributed by atoms with Crippen molar-refractivity contribution < 1.29 is 31.2 Å². The zero-order valence-electron chi connectivity index (χ0n) is 22.4. The Morgan fingerprint density at radius 1 is 1.05 bits per heavy atom. The largest absolute Gasteiger partial charge is 0.368 e. The number of anilines is 1. The number of nitrogens with zero attached hydrogens (tertiary/aromatic N) is 3. The van der Waals surface area contributed by atoms with E-state index in [1.54, 1.807) is 23.8 Å². The molecule has 0 saturated heterocycles. The van der Waals surface area contributed by atoms with Gasteiger partial charge in [0, 0.05) is 24.0 Å². The lowest BCUT2D eigenvalue weighted by molar-refractivity contribution is -0.125. The lowest BCUT2D eigenvalue weighted by Crippen LogP contribution is -2.50. The van der Waals surface area contributed by atoms with Gasteiger partial charge in [0.05, 0.1) is 22.7 Å². The number of nitriles is 1. The number of guanidine groups is 1. The molecule has 1 heterocycles. The van der Waals surface area contributed by atoms with Crippen LogP contribution in [0.25, 0.3) is 0 Å². The number of hydrogen-bond acceptors (Lipinski definition) is 9. The number of amides is 4. The maximum absolute atomic E-state index is 13.0. The maximum atomic E-state index is 13.0. The van der Waals surface area contributed by atoms with E-state index in [1.807, 2.05) is 5.32 Å². The number of aryl methyl sites for hydroxylation is 1. The molecule has 17 nitrogen and oxygen atoms in total. The van der Waals surface area contributed by atoms with Gasteiger partial charge in [-0.1, -0.05) is 17.7 Å². The molecule has 0 aliphatic heterocycles. The number of rotatable bonds is 11. The van der Waals surface area contributed by atoms with Crippen LogP contribution in [0.3, 0.4) is 0 Å². The Balaban J connectivity index is 1.63. The van der Waals surface area contributed by atoms with Crippen molar-refractivity contribution in [2.45, 2.75) is 29.2 Å². The molecule has 8 N–H and O–H groups in total. The second-order valence-corrected chi connectivity index (χ2v) is 12.0. The van der Waals surface area contributed by atoms with E-state index in [-0.39, 0.29) is 21.9 Å². The molecule has 1 atom stereocenters. The van der Waals surface area contributed by atoms with E-state index < -0.39 is 56.4 Å². The highest BCUT2D eigenvalue weighted by Gasteiger charge is 2.24. The quantitative estimate of drug-likeness (QED) is 0.0593. The van der Waals surface area contributed by atoms with E-state index in [4.69, 9.17) is 11.0 Å². The molecule has 3 rings (SSSR count). The van der Waals surface area contributed by atoms with Crippen molar-refractivity contribution >= 4 is 49.5 Å². The van der Waals surface area contributed by atoms with Crippen LogP contribution in [0.2, 0.25) is 0 Å². The summed E-state index contributed by atoms with van der Waals surface area (Å²) in [5.41, 5.74) is 6.78. The Morgan fingerprint density at radius 3 is 2.30 bits per heavy atom.